The summed E-state index contributed by atoms with van der Waals surface area (Å²) in [6, 6.07) is 0. The number of aliphatic hydroxyl groups excluding tert-OH is 2. The molecule has 0 bridgehead atoms. The number of ether oxygens (including phenoxy) is 1. The molecule has 0 aliphatic rings. The third-order valence-electron chi connectivity index (χ3n) is 8.32. The minimum Gasteiger partial charge on any atom is -0.469 e. The van der Waals surface area contributed by atoms with Gasteiger partial charge in [-0.2, -0.15) is 0 Å². The summed E-state index contributed by atoms with van der Waals surface area (Å²) in [6.45, 7) is 2.30. The number of hydrogen-bond acceptors (Lipinski definition) is 4. The van der Waals surface area contributed by atoms with Gasteiger partial charge in [0, 0.05) is 0 Å². The van der Waals surface area contributed by atoms with Gasteiger partial charge in [0.05, 0.1) is 25.7 Å². The molecule has 2 atom stereocenters. The van der Waals surface area contributed by atoms with Crippen LogP contribution in [0.25, 0.3) is 0 Å². The maximum absolute atomic E-state index is 11.1. The average molecular weight is 555 g/mol. The lowest BCUT2D eigenvalue weighted by Gasteiger charge is -2.14. The molecular weight excluding hydrogens is 484 g/mol. The molecule has 0 rings (SSSR count). The second-order valence-electron chi connectivity index (χ2n) is 12.3. The van der Waals surface area contributed by atoms with E-state index in [-0.39, 0.29) is 12.8 Å². The van der Waals surface area contributed by atoms with Gasteiger partial charge in [0.15, 0.2) is 0 Å². The largest absolute Gasteiger partial charge is 0.469 e. The van der Waals surface area contributed by atoms with Gasteiger partial charge in [-0.1, -0.05) is 180 Å². The Morgan fingerprint density at radius 2 is 0.769 bits per heavy atom. The second kappa shape index (κ2) is 31.9. The maximum atomic E-state index is 11.1. The molecule has 0 aromatic heterocycles. The van der Waals surface area contributed by atoms with Gasteiger partial charge in [-0.05, 0) is 12.8 Å². The Morgan fingerprint density at radius 1 is 0.487 bits per heavy atom. The molecule has 4 heteroatoms. The predicted octanol–water partition coefficient (Wildman–Crippen LogP) is 10.6. The van der Waals surface area contributed by atoms with E-state index < -0.39 is 18.2 Å². The van der Waals surface area contributed by atoms with Crippen LogP contribution < -0.4 is 0 Å². The van der Waals surface area contributed by atoms with Gasteiger partial charge in [-0.3, -0.25) is 4.79 Å². The Kier molecular flexibility index (Phi) is 31.4. The lowest BCUT2D eigenvalue weighted by atomic mass is 10.0. The molecule has 4 nitrogen and oxygen atoms in total. The quantitative estimate of drug-likeness (QED) is 0.0641. The van der Waals surface area contributed by atoms with Crippen molar-refractivity contribution in [3.63, 3.8) is 0 Å². The highest BCUT2D eigenvalue weighted by Gasteiger charge is 2.15. The number of carbonyl (C=O) groups is 1. The first-order valence-corrected chi connectivity index (χ1v) is 17.5. The highest BCUT2D eigenvalue weighted by Crippen LogP contribution is 2.17. The van der Waals surface area contributed by atoms with E-state index in [1.165, 1.54) is 168 Å². The zero-order valence-electron chi connectivity index (χ0n) is 26.6. The average Bonchev–Trinajstić information content (AvgIpc) is 2.92. The van der Waals surface area contributed by atoms with Crippen molar-refractivity contribution in [2.24, 2.45) is 0 Å². The van der Waals surface area contributed by atoms with Crippen LogP contribution in [0.3, 0.4) is 0 Å². The van der Waals surface area contributed by atoms with Crippen molar-refractivity contribution in [2.75, 3.05) is 7.11 Å². The summed E-state index contributed by atoms with van der Waals surface area (Å²) in [7, 11) is 1.31. The standard InChI is InChI=1S/C35H70O4/c1-3-4-5-6-7-8-9-10-11-12-13-14-15-16-17-18-19-20-21-22-23-24-25-26-27-28-29-30-33(36)31-34(37)32-35(38)39-2/h33-34,36-37H,3-32H2,1-2H3. The van der Waals surface area contributed by atoms with Gasteiger partial charge in [0.25, 0.3) is 0 Å². The van der Waals surface area contributed by atoms with E-state index in [2.05, 4.69) is 11.7 Å². The highest BCUT2D eigenvalue weighted by molar-refractivity contribution is 5.69. The van der Waals surface area contributed by atoms with Crippen LogP contribution in [0.1, 0.15) is 200 Å². The molecule has 39 heavy (non-hydrogen) atoms. The van der Waals surface area contributed by atoms with Crippen LogP contribution in [0.5, 0.6) is 0 Å². The van der Waals surface area contributed by atoms with Crippen molar-refractivity contribution >= 4 is 5.97 Å². The summed E-state index contributed by atoms with van der Waals surface area (Å²) in [4.78, 5) is 11.1. The third-order valence-corrected chi connectivity index (χ3v) is 8.32. The Labute approximate surface area is 244 Å². The molecule has 0 aromatic rings. The van der Waals surface area contributed by atoms with E-state index in [4.69, 9.17) is 0 Å². The van der Waals surface area contributed by atoms with E-state index >= 15 is 0 Å². The maximum Gasteiger partial charge on any atom is 0.308 e. The van der Waals surface area contributed by atoms with E-state index in [0.29, 0.717) is 6.42 Å². The molecule has 0 aromatic carbocycles. The Morgan fingerprint density at radius 3 is 1.05 bits per heavy atom. The van der Waals surface area contributed by atoms with E-state index in [0.717, 1.165) is 12.8 Å². The summed E-state index contributed by atoms with van der Waals surface area (Å²) in [5, 5.41) is 19.7. The van der Waals surface area contributed by atoms with E-state index in [1.54, 1.807) is 0 Å². The predicted molar refractivity (Wildman–Crippen MR) is 168 cm³/mol. The van der Waals surface area contributed by atoms with Gasteiger partial charge in [-0.15, -0.1) is 0 Å². The summed E-state index contributed by atoms with van der Waals surface area (Å²) >= 11 is 0. The van der Waals surface area contributed by atoms with Crippen molar-refractivity contribution in [3.05, 3.63) is 0 Å². The topological polar surface area (TPSA) is 66.8 Å². The van der Waals surface area contributed by atoms with Crippen molar-refractivity contribution in [1.82, 2.24) is 0 Å². The molecule has 2 unspecified atom stereocenters. The molecule has 234 valence electrons. The van der Waals surface area contributed by atoms with Crippen LogP contribution in [-0.4, -0.2) is 35.5 Å². The van der Waals surface area contributed by atoms with Crippen LogP contribution >= 0.6 is 0 Å². The van der Waals surface area contributed by atoms with Crippen LogP contribution in [0.2, 0.25) is 0 Å². The lowest BCUT2D eigenvalue weighted by Crippen LogP contribution is -2.21. The number of esters is 1. The lowest BCUT2D eigenvalue weighted by molar-refractivity contribution is -0.143. The molecule has 0 heterocycles. The molecule has 0 saturated carbocycles. The molecule has 0 spiro atoms. The highest BCUT2D eigenvalue weighted by atomic mass is 16.5. The summed E-state index contributed by atoms with van der Waals surface area (Å²) < 4.78 is 4.54. The molecular formula is C35H70O4. The van der Waals surface area contributed by atoms with E-state index in [1.807, 2.05) is 0 Å². The van der Waals surface area contributed by atoms with Crippen molar-refractivity contribution in [3.8, 4) is 0 Å². The fourth-order valence-corrected chi connectivity index (χ4v) is 5.66. The molecule has 0 aliphatic carbocycles. The smallest absolute Gasteiger partial charge is 0.308 e. The fourth-order valence-electron chi connectivity index (χ4n) is 5.66. The number of rotatable bonds is 32. The van der Waals surface area contributed by atoms with Crippen molar-refractivity contribution in [1.29, 1.82) is 0 Å². The zero-order chi connectivity index (χ0) is 28.7. The van der Waals surface area contributed by atoms with E-state index in [9.17, 15) is 15.0 Å². The number of aliphatic hydroxyl groups is 2. The van der Waals surface area contributed by atoms with Gasteiger partial charge >= 0.3 is 5.97 Å². The molecule has 0 amide bonds. The molecule has 0 saturated heterocycles. The molecule has 0 radical (unpaired) electrons. The number of methoxy groups -OCH3 is 1. The van der Waals surface area contributed by atoms with Crippen molar-refractivity contribution in [2.45, 2.75) is 212 Å². The Bertz CT molecular complexity index is 481. The second-order valence-corrected chi connectivity index (χ2v) is 12.3. The van der Waals surface area contributed by atoms with Crippen LogP contribution in [-0.2, 0) is 9.53 Å². The summed E-state index contributed by atoms with van der Waals surface area (Å²) in [5.41, 5.74) is 0. The SMILES string of the molecule is CCCCCCCCCCCCCCCCCCCCCCCCCCCCCC(O)CC(O)CC(=O)OC. The Balaban J connectivity index is 3.15. The van der Waals surface area contributed by atoms with Crippen LogP contribution in [0.4, 0.5) is 0 Å². The van der Waals surface area contributed by atoms with Crippen LogP contribution in [0, 0.1) is 0 Å². The fraction of sp³-hybridized carbons (Fsp3) is 0.971. The number of hydrogen-bond donors (Lipinski definition) is 2. The zero-order valence-corrected chi connectivity index (χ0v) is 26.6. The first-order chi connectivity index (χ1) is 19.1. The van der Waals surface area contributed by atoms with Gasteiger partial charge in [0.2, 0.25) is 0 Å². The normalized spacial score (nSPS) is 13.0. The molecule has 2 N–H and O–H groups in total. The van der Waals surface area contributed by atoms with Gasteiger partial charge in [-0.25, -0.2) is 0 Å². The van der Waals surface area contributed by atoms with Crippen molar-refractivity contribution < 1.29 is 19.7 Å². The monoisotopic (exact) mass is 555 g/mol. The minimum absolute atomic E-state index is 0.0346. The van der Waals surface area contributed by atoms with Gasteiger partial charge < -0.3 is 14.9 Å². The first kappa shape index (κ1) is 38.4. The summed E-state index contributed by atoms with van der Waals surface area (Å²) in [6.07, 6.45) is 37.2. The Hall–Kier alpha value is -0.610. The number of carbonyl (C=O) groups excluding carboxylic acids is 1. The third kappa shape index (κ3) is 31.8. The van der Waals surface area contributed by atoms with Crippen LogP contribution in [0.15, 0.2) is 0 Å². The van der Waals surface area contributed by atoms with Gasteiger partial charge in [0.1, 0.15) is 0 Å². The minimum atomic E-state index is -0.804. The summed E-state index contributed by atoms with van der Waals surface area (Å²) in [5.74, 6) is -0.426. The molecule has 0 fully saturated rings. The molecule has 0 aliphatic heterocycles. The number of unbranched alkanes of at least 4 members (excludes halogenated alkanes) is 26. The first-order valence-electron chi connectivity index (χ1n) is 17.5.